The Balaban J connectivity index is 1.71. The molecule has 0 unspecified atom stereocenters. The van der Waals surface area contributed by atoms with Crippen LogP contribution in [0.1, 0.15) is 33.4 Å². The number of hydrogen-bond donors (Lipinski definition) is 2. The quantitative estimate of drug-likeness (QED) is 0.648. The number of fused-ring (bicyclic) bond motifs is 1. The van der Waals surface area contributed by atoms with Crippen molar-refractivity contribution in [3.63, 3.8) is 0 Å². The fourth-order valence-electron chi connectivity index (χ4n) is 3.77. The minimum absolute atomic E-state index is 0.291. The fraction of sp³-hybridized carbons (Fsp3) is 0.227. The van der Waals surface area contributed by atoms with E-state index < -0.39 is 12.0 Å². The summed E-state index contributed by atoms with van der Waals surface area (Å²) in [6.45, 7) is 0.476. The molecule has 2 amide bonds. The van der Waals surface area contributed by atoms with Crippen molar-refractivity contribution >= 4 is 17.7 Å². The van der Waals surface area contributed by atoms with Gasteiger partial charge in [0.2, 0.25) is 0 Å². The number of carbonyl (C=O) groups is 2. The van der Waals surface area contributed by atoms with E-state index >= 15 is 0 Å². The highest BCUT2D eigenvalue weighted by Gasteiger charge is 2.36. The van der Waals surface area contributed by atoms with Crippen molar-refractivity contribution in [2.45, 2.75) is 12.5 Å². The third-order valence-corrected chi connectivity index (χ3v) is 5.19. The van der Waals surface area contributed by atoms with Gasteiger partial charge in [0, 0.05) is 24.2 Å². The molecular formula is C22H22N4O4. The molecule has 154 valence electrons. The lowest BCUT2D eigenvalue weighted by Gasteiger charge is -2.35. The minimum Gasteiger partial charge on any atom is -0.496 e. The van der Waals surface area contributed by atoms with Gasteiger partial charge in [0.1, 0.15) is 11.8 Å². The monoisotopic (exact) mass is 406 g/mol. The standard InChI is InChI=1S/C22H22N4O4/c1-29-18-10-6-4-8-15(18)20-19-17(23-13-24-19)11-12-26(20)22(28)25-16-9-5-3-7-14(16)21(27)30-2/h3-10,13,20H,11-12H2,1-2H3,(H,23,24)(H,25,28)/t20-/m0/s1. The Morgan fingerprint density at radius 1 is 1.13 bits per heavy atom. The number of hydrogen-bond acceptors (Lipinski definition) is 5. The average molecular weight is 406 g/mol. The Labute approximate surface area is 173 Å². The van der Waals surface area contributed by atoms with Crippen LogP contribution in [0, 0.1) is 0 Å². The van der Waals surface area contributed by atoms with Crippen molar-refractivity contribution in [2.75, 3.05) is 26.1 Å². The van der Waals surface area contributed by atoms with E-state index in [1.807, 2.05) is 24.3 Å². The number of nitrogens with zero attached hydrogens (tertiary/aromatic N) is 2. The molecule has 2 N–H and O–H groups in total. The number of aromatic amines is 1. The van der Waals surface area contributed by atoms with Crippen LogP contribution in [0.3, 0.4) is 0 Å². The zero-order valence-electron chi connectivity index (χ0n) is 16.7. The molecule has 1 atom stereocenters. The molecule has 8 nitrogen and oxygen atoms in total. The van der Waals surface area contributed by atoms with Gasteiger partial charge in [-0.1, -0.05) is 30.3 Å². The zero-order valence-corrected chi connectivity index (χ0v) is 16.7. The highest BCUT2D eigenvalue weighted by atomic mass is 16.5. The summed E-state index contributed by atoms with van der Waals surface area (Å²) < 4.78 is 10.4. The van der Waals surface area contributed by atoms with E-state index in [1.165, 1.54) is 7.11 Å². The van der Waals surface area contributed by atoms with Gasteiger partial charge in [0.15, 0.2) is 0 Å². The number of nitrogens with one attached hydrogen (secondary N) is 2. The number of anilines is 1. The van der Waals surface area contributed by atoms with Gasteiger partial charge in [-0.3, -0.25) is 0 Å². The highest BCUT2D eigenvalue weighted by Crippen LogP contribution is 2.38. The second kappa shape index (κ2) is 8.28. The molecule has 1 aliphatic heterocycles. The number of imidazole rings is 1. The van der Waals surface area contributed by atoms with Crippen LogP contribution in [0.2, 0.25) is 0 Å². The first-order valence-corrected chi connectivity index (χ1v) is 9.54. The summed E-state index contributed by atoms with van der Waals surface area (Å²) in [6, 6.07) is 13.6. The fourth-order valence-corrected chi connectivity index (χ4v) is 3.77. The van der Waals surface area contributed by atoms with E-state index in [0.717, 1.165) is 17.0 Å². The molecule has 0 spiro atoms. The molecule has 1 aromatic heterocycles. The molecule has 2 heterocycles. The maximum Gasteiger partial charge on any atom is 0.339 e. The summed E-state index contributed by atoms with van der Waals surface area (Å²) in [5, 5.41) is 2.86. The van der Waals surface area contributed by atoms with Crippen LogP contribution in [-0.2, 0) is 11.2 Å². The molecule has 1 aliphatic rings. The number of benzene rings is 2. The lowest BCUT2D eigenvalue weighted by atomic mass is 9.95. The van der Waals surface area contributed by atoms with E-state index in [0.29, 0.717) is 30.0 Å². The van der Waals surface area contributed by atoms with Crippen molar-refractivity contribution in [3.8, 4) is 5.75 Å². The van der Waals surface area contributed by atoms with Gasteiger partial charge in [-0.05, 0) is 18.2 Å². The minimum atomic E-state index is -0.514. The molecule has 3 aromatic rings. The van der Waals surface area contributed by atoms with Crippen LogP contribution >= 0.6 is 0 Å². The summed E-state index contributed by atoms with van der Waals surface area (Å²) in [5.74, 6) is 0.159. The normalized spacial score (nSPS) is 15.3. The van der Waals surface area contributed by atoms with Crippen molar-refractivity contribution in [2.24, 2.45) is 0 Å². The Hall–Kier alpha value is -3.81. The maximum atomic E-state index is 13.3. The third-order valence-electron chi connectivity index (χ3n) is 5.19. The molecule has 8 heteroatoms. The molecule has 4 rings (SSSR count). The van der Waals surface area contributed by atoms with Crippen LogP contribution in [0.15, 0.2) is 54.9 Å². The third kappa shape index (κ3) is 3.47. The van der Waals surface area contributed by atoms with Crippen LogP contribution in [0.4, 0.5) is 10.5 Å². The molecule has 0 saturated heterocycles. The summed E-state index contributed by atoms with van der Waals surface area (Å²) in [5.41, 5.74) is 3.29. The Kier molecular flexibility index (Phi) is 5.38. The van der Waals surface area contributed by atoms with Gasteiger partial charge < -0.3 is 24.7 Å². The van der Waals surface area contributed by atoms with Crippen LogP contribution in [0.5, 0.6) is 5.75 Å². The van der Waals surface area contributed by atoms with Crippen molar-refractivity contribution in [1.82, 2.24) is 14.9 Å². The smallest absolute Gasteiger partial charge is 0.339 e. The van der Waals surface area contributed by atoms with Gasteiger partial charge in [0.25, 0.3) is 0 Å². The molecule has 0 fully saturated rings. The number of aromatic nitrogens is 2. The van der Waals surface area contributed by atoms with Crippen molar-refractivity contribution in [3.05, 3.63) is 77.4 Å². The van der Waals surface area contributed by atoms with Gasteiger partial charge in [0.05, 0.1) is 37.5 Å². The number of para-hydroxylation sites is 2. The average Bonchev–Trinajstić information content (AvgIpc) is 3.27. The number of methoxy groups -OCH3 is 2. The topological polar surface area (TPSA) is 96.6 Å². The molecule has 0 bridgehead atoms. The number of amides is 2. The molecule has 2 aromatic carbocycles. The molecule has 0 aliphatic carbocycles. The second-order valence-electron chi connectivity index (χ2n) is 6.82. The van der Waals surface area contributed by atoms with Gasteiger partial charge in [-0.25, -0.2) is 14.6 Å². The number of H-pyrrole nitrogens is 1. The first-order chi connectivity index (χ1) is 14.6. The van der Waals surface area contributed by atoms with Gasteiger partial charge in [-0.15, -0.1) is 0 Å². The Morgan fingerprint density at radius 2 is 1.90 bits per heavy atom. The number of ether oxygens (including phenoxy) is 2. The number of esters is 1. The summed E-state index contributed by atoms with van der Waals surface area (Å²) in [7, 11) is 2.91. The zero-order chi connectivity index (χ0) is 21.1. The maximum absolute atomic E-state index is 13.3. The molecular weight excluding hydrogens is 384 g/mol. The van der Waals surface area contributed by atoms with E-state index in [-0.39, 0.29) is 6.03 Å². The van der Waals surface area contributed by atoms with Crippen molar-refractivity contribution in [1.29, 1.82) is 0 Å². The van der Waals surface area contributed by atoms with E-state index in [4.69, 9.17) is 9.47 Å². The van der Waals surface area contributed by atoms with E-state index in [2.05, 4.69) is 15.3 Å². The van der Waals surface area contributed by atoms with Crippen LogP contribution in [0.25, 0.3) is 0 Å². The lowest BCUT2D eigenvalue weighted by molar-refractivity contribution is 0.0602. The predicted octanol–water partition coefficient (Wildman–Crippen LogP) is 3.38. The Morgan fingerprint density at radius 3 is 2.70 bits per heavy atom. The lowest BCUT2D eigenvalue weighted by Crippen LogP contribution is -2.43. The van der Waals surface area contributed by atoms with Gasteiger partial charge >= 0.3 is 12.0 Å². The van der Waals surface area contributed by atoms with Gasteiger partial charge in [-0.2, -0.15) is 0 Å². The molecule has 30 heavy (non-hydrogen) atoms. The second-order valence-corrected chi connectivity index (χ2v) is 6.82. The van der Waals surface area contributed by atoms with Crippen molar-refractivity contribution < 1.29 is 19.1 Å². The van der Waals surface area contributed by atoms with Crippen LogP contribution < -0.4 is 10.1 Å². The Bertz CT molecular complexity index is 1080. The summed E-state index contributed by atoms with van der Waals surface area (Å²) in [6.07, 6.45) is 2.29. The van der Waals surface area contributed by atoms with E-state index in [1.54, 1.807) is 42.6 Å². The summed E-state index contributed by atoms with van der Waals surface area (Å²) in [4.78, 5) is 34.8. The number of carbonyl (C=O) groups excluding carboxylic acids is 2. The van der Waals surface area contributed by atoms with E-state index in [9.17, 15) is 9.59 Å². The predicted molar refractivity (Wildman–Crippen MR) is 111 cm³/mol. The number of urea groups is 1. The highest BCUT2D eigenvalue weighted by molar-refractivity contribution is 6.01. The molecule has 0 radical (unpaired) electrons. The first kappa shape index (κ1) is 19.5. The SMILES string of the molecule is COC(=O)c1ccccc1NC(=O)N1CCc2[nH]cnc2[C@@H]1c1ccccc1OC. The molecule has 0 saturated carbocycles. The van der Waals surface area contributed by atoms with Crippen LogP contribution in [-0.4, -0.2) is 47.6 Å². The summed E-state index contributed by atoms with van der Waals surface area (Å²) >= 11 is 0. The largest absolute Gasteiger partial charge is 0.496 e. The first-order valence-electron chi connectivity index (χ1n) is 9.54. The number of rotatable bonds is 4.